The molecule has 3 rings (SSSR count). The van der Waals surface area contributed by atoms with Crippen LogP contribution in [-0.2, 0) is 4.79 Å². The van der Waals surface area contributed by atoms with Crippen molar-refractivity contribution in [2.24, 2.45) is 5.92 Å². The van der Waals surface area contributed by atoms with Crippen molar-refractivity contribution >= 4 is 17.5 Å². The average Bonchev–Trinajstić information content (AvgIpc) is 3.12. The van der Waals surface area contributed by atoms with E-state index >= 15 is 0 Å². The first-order valence-corrected chi connectivity index (χ1v) is 7.94. The Labute approximate surface area is 139 Å². The van der Waals surface area contributed by atoms with Gasteiger partial charge in [-0.05, 0) is 49.6 Å². The molecular weight excluding hydrogens is 311 g/mol. The third-order valence-corrected chi connectivity index (χ3v) is 4.34. The van der Waals surface area contributed by atoms with Crippen LogP contribution in [-0.4, -0.2) is 29.8 Å². The summed E-state index contributed by atoms with van der Waals surface area (Å²) in [6.45, 7) is 2.82. The zero-order chi connectivity index (χ0) is 17.1. The Morgan fingerprint density at radius 2 is 2.00 bits per heavy atom. The maximum Gasteiger partial charge on any atom is 0.289 e. The van der Waals surface area contributed by atoms with Crippen molar-refractivity contribution in [3.8, 4) is 0 Å². The molecule has 6 heteroatoms. The highest BCUT2D eigenvalue weighted by Crippen LogP contribution is 2.23. The number of amides is 2. The molecule has 1 fully saturated rings. The summed E-state index contributed by atoms with van der Waals surface area (Å²) < 4.78 is 18.4. The molecule has 1 aromatic heterocycles. The fourth-order valence-corrected chi connectivity index (χ4v) is 2.86. The van der Waals surface area contributed by atoms with E-state index < -0.39 is 0 Å². The van der Waals surface area contributed by atoms with E-state index in [-0.39, 0.29) is 23.5 Å². The van der Waals surface area contributed by atoms with Crippen LogP contribution >= 0.6 is 0 Å². The van der Waals surface area contributed by atoms with Crippen LogP contribution in [0.2, 0.25) is 0 Å². The summed E-state index contributed by atoms with van der Waals surface area (Å²) in [7, 11) is 0. The predicted molar refractivity (Wildman–Crippen MR) is 87.1 cm³/mol. The van der Waals surface area contributed by atoms with Crippen LogP contribution in [0.4, 0.5) is 10.1 Å². The molecule has 1 aromatic carbocycles. The van der Waals surface area contributed by atoms with Gasteiger partial charge < -0.3 is 14.6 Å². The fourth-order valence-electron chi connectivity index (χ4n) is 2.86. The summed E-state index contributed by atoms with van der Waals surface area (Å²) in [5, 5.41) is 2.79. The fraction of sp³-hybridized carbons (Fsp3) is 0.333. The van der Waals surface area contributed by atoms with E-state index in [4.69, 9.17) is 4.42 Å². The minimum atomic E-state index is -0.380. The quantitative estimate of drug-likeness (QED) is 0.940. The van der Waals surface area contributed by atoms with Gasteiger partial charge in [0.15, 0.2) is 5.76 Å². The van der Waals surface area contributed by atoms with Gasteiger partial charge in [0.1, 0.15) is 5.82 Å². The summed E-state index contributed by atoms with van der Waals surface area (Å²) in [4.78, 5) is 26.3. The number of halogens is 1. The third kappa shape index (κ3) is 3.48. The monoisotopic (exact) mass is 330 g/mol. The van der Waals surface area contributed by atoms with E-state index in [0.717, 1.165) is 5.56 Å². The molecule has 1 saturated heterocycles. The minimum absolute atomic E-state index is 0.131. The second-order valence-corrected chi connectivity index (χ2v) is 5.99. The third-order valence-electron chi connectivity index (χ3n) is 4.34. The zero-order valence-corrected chi connectivity index (χ0v) is 13.4. The molecular formula is C18H19FN2O3. The van der Waals surface area contributed by atoms with E-state index in [1.54, 1.807) is 23.1 Å². The molecule has 0 saturated carbocycles. The SMILES string of the molecule is Cc1ccc(F)cc1NC(=O)C1CCN(C(=O)c2ccco2)CC1. The van der Waals surface area contributed by atoms with Gasteiger partial charge in [0.2, 0.25) is 5.91 Å². The molecule has 0 aliphatic carbocycles. The summed E-state index contributed by atoms with van der Waals surface area (Å²) >= 11 is 0. The molecule has 0 bridgehead atoms. The van der Waals surface area contributed by atoms with Crippen LogP contribution in [0.15, 0.2) is 41.0 Å². The standard InChI is InChI=1S/C18H19FN2O3/c1-12-4-5-14(19)11-15(12)20-17(22)13-6-8-21(9-7-13)18(23)16-3-2-10-24-16/h2-5,10-11,13H,6-9H2,1H3,(H,20,22). The number of hydrogen-bond acceptors (Lipinski definition) is 3. The first kappa shape index (κ1) is 16.2. The molecule has 126 valence electrons. The first-order valence-electron chi connectivity index (χ1n) is 7.94. The van der Waals surface area contributed by atoms with Gasteiger partial charge in [0.25, 0.3) is 5.91 Å². The molecule has 1 N–H and O–H groups in total. The van der Waals surface area contributed by atoms with Crippen LogP contribution in [0.5, 0.6) is 0 Å². The second kappa shape index (κ2) is 6.86. The van der Waals surface area contributed by atoms with Crippen molar-refractivity contribution in [2.45, 2.75) is 19.8 Å². The average molecular weight is 330 g/mol. The number of piperidine rings is 1. The highest BCUT2D eigenvalue weighted by atomic mass is 19.1. The van der Waals surface area contributed by atoms with Gasteiger partial charge in [0, 0.05) is 24.7 Å². The number of carbonyl (C=O) groups excluding carboxylic acids is 2. The van der Waals surface area contributed by atoms with Gasteiger partial charge in [-0.15, -0.1) is 0 Å². The van der Waals surface area contributed by atoms with Gasteiger partial charge in [-0.2, -0.15) is 0 Å². The molecule has 0 atom stereocenters. The lowest BCUT2D eigenvalue weighted by Gasteiger charge is -2.30. The molecule has 1 aliphatic rings. The van der Waals surface area contributed by atoms with Gasteiger partial charge in [0.05, 0.1) is 6.26 Å². The van der Waals surface area contributed by atoms with Crippen molar-refractivity contribution in [1.82, 2.24) is 4.90 Å². The van der Waals surface area contributed by atoms with Crippen LogP contribution in [0.3, 0.4) is 0 Å². The molecule has 2 heterocycles. The number of rotatable bonds is 3. The predicted octanol–water partition coefficient (Wildman–Crippen LogP) is 3.22. The Morgan fingerprint density at radius 3 is 2.67 bits per heavy atom. The van der Waals surface area contributed by atoms with Crippen LogP contribution < -0.4 is 5.32 Å². The van der Waals surface area contributed by atoms with Crippen molar-refractivity contribution in [3.63, 3.8) is 0 Å². The van der Waals surface area contributed by atoms with Crippen molar-refractivity contribution < 1.29 is 18.4 Å². The number of benzene rings is 1. The maximum atomic E-state index is 13.3. The van der Waals surface area contributed by atoms with Crippen LogP contribution in [0.25, 0.3) is 0 Å². The molecule has 0 spiro atoms. The lowest BCUT2D eigenvalue weighted by molar-refractivity contribution is -0.121. The van der Waals surface area contributed by atoms with E-state index in [9.17, 15) is 14.0 Å². The molecule has 24 heavy (non-hydrogen) atoms. The number of anilines is 1. The van der Waals surface area contributed by atoms with Gasteiger partial charge in [-0.1, -0.05) is 6.07 Å². The Balaban J connectivity index is 1.57. The summed E-state index contributed by atoms with van der Waals surface area (Å²) in [5.74, 6) is -0.537. The smallest absolute Gasteiger partial charge is 0.289 e. The summed E-state index contributed by atoms with van der Waals surface area (Å²) in [6, 6.07) is 7.63. The Bertz CT molecular complexity index is 735. The molecule has 2 amide bonds. The largest absolute Gasteiger partial charge is 0.459 e. The van der Waals surface area contributed by atoms with Crippen molar-refractivity contribution in [2.75, 3.05) is 18.4 Å². The van der Waals surface area contributed by atoms with Gasteiger partial charge in [-0.3, -0.25) is 9.59 Å². The van der Waals surface area contributed by atoms with Gasteiger partial charge in [-0.25, -0.2) is 4.39 Å². The number of furan rings is 1. The van der Waals surface area contributed by atoms with E-state index in [1.807, 2.05) is 6.92 Å². The number of aryl methyl sites for hydroxylation is 1. The number of nitrogens with one attached hydrogen (secondary N) is 1. The lowest BCUT2D eigenvalue weighted by atomic mass is 9.95. The summed E-state index contributed by atoms with van der Waals surface area (Å²) in [5.41, 5.74) is 1.31. The minimum Gasteiger partial charge on any atom is -0.459 e. The molecule has 0 unspecified atom stereocenters. The molecule has 0 radical (unpaired) electrons. The molecule has 1 aliphatic heterocycles. The molecule has 2 aromatic rings. The normalized spacial score (nSPS) is 15.3. The van der Waals surface area contributed by atoms with Crippen LogP contribution in [0, 0.1) is 18.7 Å². The van der Waals surface area contributed by atoms with E-state index in [0.29, 0.717) is 37.4 Å². The highest BCUT2D eigenvalue weighted by Gasteiger charge is 2.28. The van der Waals surface area contributed by atoms with E-state index in [1.165, 1.54) is 18.4 Å². The summed E-state index contributed by atoms with van der Waals surface area (Å²) in [6.07, 6.45) is 2.62. The lowest BCUT2D eigenvalue weighted by Crippen LogP contribution is -2.41. The van der Waals surface area contributed by atoms with Gasteiger partial charge >= 0.3 is 0 Å². The number of likely N-dealkylation sites (tertiary alicyclic amines) is 1. The number of nitrogens with zero attached hydrogens (tertiary/aromatic N) is 1. The number of hydrogen-bond donors (Lipinski definition) is 1. The zero-order valence-electron chi connectivity index (χ0n) is 13.4. The van der Waals surface area contributed by atoms with E-state index in [2.05, 4.69) is 5.32 Å². The Kier molecular flexibility index (Phi) is 4.64. The highest BCUT2D eigenvalue weighted by molar-refractivity contribution is 5.94. The van der Waals surface area contributed by atoms with Crippen molar-refractivity contribution in [3.05, 3.63) is 53.7 Å². The number of carbonyl (C=O) groups is 2. The Hall–Kier alpha value is -2.63. The second-order valence-electron chi connectivity index (χ2n) is 5.99. The molecule has 5 nitrogen and oxygen atoms in total. The van der Waals surface area contributed by atoms with Crippen molar-refractivity contribution in [1.29, 1.82) is 0 Å². The Morgan fingerprint density at radius 1 is 1.25 bits per heavy atom. The topological polar surface area (TPSA) is 62.6 Å². The van der Waals surface area contributed by atoms with Crippen LogP contribution in [0.1, 0.15) is 29.0 Å². The first-order chi connectivity index (χ1) is 11.5. The maximum absolute atomic E-state index is 13.3.